The molecule has 0 saturated heterocycles. The Balaban J connectivity index is 2.03. The van der Waals surface area contributed by atoms with Gasteiger partial charge in [0, 0.05) is 10.9 Å². The van der Waals surface area contributed by atoms with Crippen LogP contribution in [0.15, 0.2) is 11.4 Å². The summed E-state index contributed by atoms with van der Waals surface area (Å²) in [4.78, 5) is 1.37. The quantitative estimate of drug-likeness (QED) is 0.602. The Morgan fingerprint density at radius 1 is 1.12 bits per heavy atom. The summed E-state index contributed by atoms with van der Waals surface area (Å²) < 4.78 is 0. The van der Waals surface area contributed by atoms with Crippen molar-refractivity contribution in [2.75, 3.05) is 0 Å². The highest BCUT2D eigenvalue weighted by Crippen LogP contribution is 2.23. The second-order valence-corrected chi connectivity index (χ2v) is 6.12. The lowest BCUT2D eigenvalue weighted by Crippen LogP contribution is -2.08. The number of unbranched alkanes of at least 4 members (excludes halogenated alkanes) is 6. The number of hydrogen-bond acceptors (Lipinski definition) is 2. The van der Waals surface area contributed by atoms with E-state index in [1.165, 1.54) is 55.4 Å². The molecular formula is C15H27NS. The van der Waals surface area contributed by atoms with Crippen LogP contribution in [-0.4, -0.2) is 0 Å². The molecule has 0 bridgehead atoms. The van der Waals surface area contributed by atoms with Gasteiger partial charge in [0.05, 0.1) is 0 Å². The van der Waals surface area contributed by atoms with Crippen LogP contribution in [0.25, 0.3) is 0 Å². The molecule has 1 atom stereocenters. The molecule has 98 valence electrons. The van der Waals surface area contributed by atoms with Gasteiger partial charge in [0.2, 0.25) is 0 Å². The van der Waals surface area contributed by atoms with Gasteiger partial charge in [-0.15, -0.1) is 11.3 Å². The molecule has 0 aromatic carbocycles. The van der Waals surface area contributed by atoms with Crippen LogP contribution in [0.4, 0.5) is 0 Å². The highest BCUT2D eigenvalue weighted by Gasteiger charge is 2.06. The molecule has 1 heterocycles. The fraction of sp³-hybridized carbons (Fsp3) is 0.733. The third-order valence-corrected chi connectivity index (χ3v) is 4.18. The van der Waals surface area contributed by atoms with Crippen LogP contribution in [0.1, 0.15) is 74.8 Å². The van der Waals surface area contributed by atoms with E-state index in [-0.39, 0.29) is 6.04 Å². The van der Waals surface area contributed by atoms with Crippen molar-refractivity contribution in [3.63, 3.8) is 0 Å². The predicted molar refractivity (Wildman–Crippen MR) is 78.6 cm³/mol. The molecule has 1 nitrogen and oxygen atoms in total. The minimum absolute atomic E-state index is 0.260. The molecule has 0 aliphatic rings. The van der Waals surface area contributed by atoms with Crippen LogP contribution in [0, 0.1) is 6.92 Å². The van der Waals surface area contributed by atoms with Crippen LogP contribution in [0.3, 0.4) is 0 Å². The summed E-state index contributed by atoms with van der Waals surface area (Å²) in [7, 11) is 0. The van der Waals surface area contributed by atoms with Crippen molar-refractivity contribution in [3.8, 4) is 0 Å². The molecule has 17 heavy (non-hydrogen) atoms. The number of thiophene rings is 1. The molecule has 0 saturated carbocycles. The van der Waals surface area contributed by atoms with Crippen molar-refractivity contribution < 1.29 is 0 Å². The van der Waals surface area contributed by atoms with Gasteiger partial charge in [0.25, 0.3) is 0 Å². The summed E-state index contributed by atoms with van der Waals surface area (Å²) in [6.45, 7) is 4.41. The number of aryl methyl sites for hydroxylation is 1. The molecule has 1 aromatic heterocycles. The van der Waals surface area contributed by atoms with Gasteiger partial charge in [-0.05, 0) is 30.4 Å². The second kappa shape index (κ2) is 8.71. The zero-order valence-electron chi connectivity index (χ0n) is 11.4. The lowest BCUT2D eigenvalue weighted by Gasteiger charge is -2.09. The first-order valence-corrected chi connectivity index (χ1v) is 7.92. The standard InChI is InChI=1S/C15H27NS/c1-3-4-5-6-7-8-9-10-15(16)14-11-13(2)17-12-14/h11-12,15H,3-10,16H2,1-2H3. The van der Waals surface area contributed by atoms with Crippen LogP contribution in [0.2, 0.25) is 0 Å². The van der Waals surface area contributed by atoms with Gasteiger partial charge in [0.1, 0.15) is 0 Å². The molecular weight excluding hydrogens is 226 g/mol. The molecule has 1 rings (SSSR count). The largest absolute Gasteiger partial charge is 0.324 e. The molecule has 0 amide bonds. The maximum Gasteiger partial charge on any atom is 0.0303 e. The minimum atomic E-state index is 0.260. The van der Waals surface area contributed by atoms with E-state index >= 15 is 0 Å². The van der Waals surface area contributed by atoms with Crippen molar-refractivity contribution in [1.82, 2.24) is 0 Å². The van der Waals surface area contributed by atoms with Crippen LogP contribution < -0.4 is 5.73 Å². The van der Waals surface area contributed by atoms with Crippen molar-refractivity contribution in [2.24, 2.45) is 5.73 Å². The summed E-state index contributed by atoms with van der Waals surface area (Å²) in [5.74, 6) is 0. The predicted octanol–water partition coefficient (Wildman–Crippen LogP) is 5.20. The van der Waals surface area contributed by atoms with Crippen molar-refractivity contribution >= 4 is 11.3 Å². The van der Waals surface area contributed by atoms with E-state index in [1.54, 1.807) is 11.3 Å². The Hall–Kier alpha value is -0.340. The molecule has 1 aromatic rings. The van der Waals surface area contributed by atoms with Crippen LogP contribution >= 0.6 is 11.3 Å². The van der Waals surface area contributed by atoms with Gasteiger partial charge in [-0.1, -0.05) is 51.9 Å². The summed E-state index contributed by atoms with van der Waals surface area (Å²) in [5.41, 5.74) is 7.51. The topological polar surface area (TPSA) is 26.0 Å². The number of rotatable bonds is 9. The van der Waals surface area contributed by atoms with E-state index in [1.807, 2.05) is 0 Å². The Morgan fingerprint density at radius 2 is 1.76 bits per heavy atom. The molecule has 2 heteroatoms. The summed E-state index contributed by atoms with van der Waals surface area (Å²) in [6.07, 6.45) is 10.7. The molecule has 0 fully saturated rings. The smallest absolute Gasteiger partial charge is 0.0303 e. The lowest BCUT2D eigenvalue weighted by molar-refractivity contribution is 0.541. The molecule has 0 aliphatic heterocycles. The van der Waals surface area contributed by atoms with Crippen LogP contribution in [-0.2, 0) is 0 Å². The Labute approximate surface area is 110 Å². The normalized spacial score (nSPS) is 12.9. The summed E-state index contributed by atoms with van der Waals surface area (Å²) >= 11 is 1.81. The van der Waals surface area contributed by atoms with Crippen molar-refractivity contribution in [3.05, 3.63) is 21.9 Å². The first-order chi connectivity index (χ1) is 8.24. The average Bonchev–Trinajstić information content (AvgIpc) is 2.74. The highest BCUT2D eigenvalue weighted by atomic mass is 32.1. The van der Waals surface area contributed by atoms with E-state index in [4.69, 9.17) is 5.73 Å². The van der Waals surface area contributed by atoms with E-state index in [0.717, 1.165) is 6.42 Å². The first kappa shape index (κ1) is 14.7. The molecule has 2 N–H and O–H groups in total. The zero-order valence-corrected chi connectivity index (χ0v) is 12.2. The average molecular weight is 253 g/mol. The minimum Gasteiger partial charge on any atom is -0.324 e. The van der Waals surface area contributed by atoms with Gasteiger partial charge < -0.3 is 5.73 Å². The van der Waals surface area contributed by atoms with Crippen molar-refractivity contribution in [1.29, 1.82) is 0 Å². The van der Waals surface area contributed by atoms with Gasteiger partial charge in [0.15, 0.2) is 0 Å². The van der Waals surface area contributed by atoms with Crippen LogP contribution in [0.5, 0.6) is 0 Å². The Morgan fingerprint density at radius 3 is 2.35 bits per heavy atom. The third-order valence-electron chi connectivity index (χ3n) is 3.30. The molecule has 0 radical (unpaired) electrons. The maximum absolute atomic E-state index is 6.18. The number of hydrogen-bond donors (Lipinski definition) is 1. The lowest BCUT2D eigenvalue weighted by atomic mass is 10.0. The van der Waals surface area contributed by atoms with E-state index < -0.39 is 0 Å². The van der Waals surface area contributed by atoms with Gasteiger partial charge in [-0.3, -0.25) is 0 Å². The van der Waals surface area contributed by atoms with E-state index in [2.05, 4.69) is 25.3 Å². The highest BCUT2D eigenvalue weighted by molar-refractivity contribution is 7.10. The molecule has 0 aliphatic carbocycles. The number of nitrogens with two attached hydrogens (primary N) is 1. The monoisotopic (exact) mass is 253 g/mol. The van der Waals surface area contributed by atoms with Gasteiger partial charge >= 0.3 is 0 Å². The Kier molecular flexibility index (Phi) is 7.54. The van der Waals surface area contributed by atoms with E-state index in [9.17, 15) is 0 Å². The Bertz CT molecular complexity index is 293. The molecule has 1 unspecified atom stereocenters. The fourth-order valence-corrected chi connectivity index (χ4v) is 2.92. The molecule has 0 spiro atoms. The SMILES string of the molecule is CCCCCCCCCC(N)c1csc(C)c1. The first-order valence-electron chi connectivity index (χ1n) is 7.04. The fourth-order valence-electron chi connectivity index (χ4n) is 2.15. The third kappa shape index (κ3) is 6.23. The summed E-state index contributed by atoms with van der Waals surface area (Å²) in [5, 5.41) is 2.21. The maximum atomic E-state index is 6.18. The second-order valence-electron chi connectivity index (χ2n) is 5.01. The van der Waals surface area contributed by atoms with Gasteiger partial charge in [-0.2, -0.15) is 0 Å². The zero-order chi connectivity index (χ0) is 12.5. The summed E-state index contributed by atoms with van der Waals surface area (Å²) in [6, 6.07) is 2.49. The van der Waals surface area contributed by atoms with Crippen molar-refractivity contribution in [2.45, 2.75) is 71.3 Å². The van der Waals surface area contributed by atoms with Gasteiger partial charge in [-0.25, -0.2) is 0 Å². The van der Waals surface area contributed by atoms with E-state index in [0.29, 0.717) is 0 Å².